The second-order valence-electron chi connectivity index (χ2n) is 6.36. The molecule has 3 rings (SSSR count). The molecule has 2 bridgehead atoms. The zero-order valence-electron chi connectivity index (χ0n) is 12.1. The topological polar surface area (TPSA) is 29.3 Å². The number of piperidine rings is 1. The smallest absolute Gasteiger partial charge is 0.328 e. The van der Waals surface area contributed by atoms with Crippen LogP contribution in [-0.4, -0.2) is 23.0 Å². The van der Waals surface area contributed by atoms with Gasteiger partial charge in [-0.2, -0.15) is 13.2 Å². The van der Waals surface area contributed by atoms with Crippen LogP contribution < -0.4 is 5.73 Å². The van der Waals surface area contributed by atoms with E-state index in [9.17, 15) is 13.2 Å². The molecule has 1 aromatic rings. The number of fused-ring (bicyclic) bond motifs is 2. The second kappa shape index (κ2) is 5.29. The van der Waals surface area contributed by atoms with Gasteiger partial charge < -0.3 is 5.73 Å². The molecular weight excluding hydrogens is 277 g/mol. The first-order valence-electron chi connectivity index (χ1n) is 7.56. The first-order chi connectivity index (χ1) is 9.86. The highest BCUT2D eigenvalue weighted by Crippen LogP contribution is 2.41. The molecule has 2 N–H and O–H groups in total. The molecule has 3 unspecified atom stereocenters. The van der Waals surface area contributed by atoms with E-state index in [-0.39, 0.29) is 12.1 Å². The van der Waals surface area contributed by atoms with Crippen molar-refractivity contribution < 1.29 is 13.2 Å². The van der Waals surface area contributed by atoms with Gasteiger partial charge in [0.2, 0.25) is 0 Å². The molecule has 0 saturated carbocycles. The van der Waals surface area contributed by atoms with Gasteiger partial charge in [-0.1, -0.05) is 12.1 Å². The predicted octanol–water partition coefficient (Wildman–Crippen LogP) is 3.72. The van der Waals surface area contributed by atoms with Gasteiger partial charge in [-0.25, -0.2) is 0 Å². The van der Waals surface area contributed by atoms with Crippen molar-refractivity contribution >= 4 is 0 Å². The van der Waals surface area contributed by atoms with Crippen LogP contribution in [0.3, 0.4) is 0 Å². The van der Waals surface area contributed by atoms with Gasteiger partial charge in [0.15, 0.2) is 0 Å². The Morgan fingerprint density at radius 1 is 1.19 bits per heavy atom. The Labute approximate surface area is 123 Å². The molecule has 0 aliphatic carbocycles. The summed E-state index contributed by atoms with van der Waals surface area (Å²) < 4.78 is 38.6. The summed E-state index contributed by atoms with van der Waals surface area (Å²) in [6.45, 7) is 2.01. The maximum Gasteiger partial charge on any atom is 0.416 e. The minimum absolute atomic E-state index is 0.0114. The van der Waals surface area contributed by atoms with Gasteiger partial charge in [0.05, 0.1) is 5.56 Å². The fourth-order valence-corrected chi connectivity index (χ4v) is 4.03. The minimum Gasteiger partial charge on any atom is -0.328 e. The van der Waals surface area contributed by atoms with Crippen LogP contribution in [0, 0.1) is 0 Å². The Bertz CT molecular complexity index is 500. The van der Waals surface area contributed by atoms with Gasteiger partial charge in [-0.3, -0.25) is 4.90 Å². The lowest BCUT2D eigenvalue weighted by molar-refractivity contribution is -0.137. The molecule has 2 heterocycles. The van der Waals surface area contributed by atoms with Gasteiger partial charge in [0.1, 0.15) is 0 Å². The van der Waals surface area contributed by atoms with Crippen molar-refractivity contribution in [3.63, 3.8) is 0 Å². The average Bonchev–Trinajstić information content (AvgIpc) is 2.69. The third-order valence-electron chi connectivity index (χ3n) is 4.97. The van der Waals surface area contributed by atoms with Crippen LogP contribution >= 0.6 is 0 Å². The second-order valence-corrected chi connectivity index (χ2v) is 6.36. The van der Waals surface area contributed by atoms with E-state index >= 15 is 0 Å². The normalized spacial score (nSPS) is 31.4. The number of nitrogens with zero attached hydrogens (tertiary/aromatic N) is 1. The predicted molar refractivity (Wildman–Crippen MR) is 75.7 cm³/mol. The molecule has 2 fully saturated rings. The van der Waals surface area contributed by atoms with E-state index in [1.807, 2.05) is 6.92 Å². The van der Waals surface area contributed by atoms with E-state index in [2.05, 4.69) is 4.90 Å². The zero-order chi connectivity index (χ0) is 15.2. The van der Waals surface area contributed by atoms with Crippen LogP contribution in [0.4, 0.5) is 13.2 Å². The summed E-state index contributed by atoms with van der Waals surface area (Å²) in [5, 5.41) is 0. The van der Waals surface area contributed by atoms with Crippen LogP contribution in [0.15, 0.2) is 24.3 Å². The number of alkyl halides is 3. The summed E-state index contributed by atoms with van der Waals surface area (Å²) in [4.78, 5) is 2.39. The summed E-state index contributed by atoms with van der Waals surface area (Å²) in [5.74, 6) is 0. The number of hydrogen-bond donors (Lipinski definition) is 1. The first-order valence-corrected chi connectivity index (χ1v) is 7.56. The lowest BCUT2D eigenvalue weighted by Gasteiger charge is -2.41. The van der Waals surface area contributed by atoms with E-state index in [0.29, 0.717) is 12.1 Å². The van der Waals surface area contributed by atoms with Crippen molar-refractivity contribution in [1.29, 1.82) is 0 Å². The van der Waals surface area contributed by atoms with Crippen molar-refractivity contribution in [3.8, 4) is 0 Å². The van der Waals surface area contributed by atoms with Crippen LogP contribution in [0.5, 0.6) is 0 Å². The quantitative estimate of drug-likeness (QED) is 0.901. The molecule has 21 heavy (non-hydrogen) atoms. The van der Waals surface area contributed by atoms with E-state index < -0.39 is 11.7 Å². The van der Waals surface area contributed by atoms with Crippen molar-refractivity contribution in [2.24, 2.45) is 5.73 Å². The van der Waals surface area contributed by atoms with Gasteiger partial charge in [-0.05, 0) is 50.3 Å². The van der Waals surface area contributed by atoms with Gasteiger partial charge in [-0.15, -0.1) is 0 Å². The maximum atomic E-state index is 12.9. The monoisotopic (exact) mass is 298 g/mol. The molecule has 2 aliphatic rings. The number of halogens is 3. The molecule has 2 aliphatic heterocycles. The van der Waals surface area contributed by atoms with Gasteiger partial charge in [0.25, 0.3) is 0 Å². The Morgan fingerprint density at radius 2 is 1.81 bits per heavy atom. The van der Waals surface area contributed by atoms with Crippen LogP contribution in [0.1, 0.15) is 49.8 Å². The first kappa shape index (κ1) is 14.9. The summed E-state index contributed by atoms with van der Waals surface area (Å²) >= 11 is 0. The van der Waals surface area contributed by atoms with Gasteiger partial charge >= 0.3 is 6.18 Å². The fraction of sp³-hybridized carbons (Fsp3) is 0.625. The van der Waals surface area contributed by atoms with Crippen molar-refractivity contribution in [3.05, 3.63) is 35.4 Å². The van der Waals surface area contributed by atoms with Crippen LogP contribution in [0.2, 0.25) is 0 Å². The third-order valence-corrected chi connectivity index (χ3v) is 4.97. The van der Waals surface area contributed by atoms with Crippen LogP contribution in [-0.2, 0) is 6.18 Å². The molecule has 0 aromatic heterocycles. The highest BCUT2D eigenvalue weighted by molar-refractivity contribution is 5.28. The van der Waals surface area contributed by atoms with E-state index in [1.54, 1.807) is 6.07 Å². The molecule has 116 valence electrons. The number of benzene rings is 1. The Kier molecular flexibility index (Phi) is 3.74. The minimum atomic E-state index is -4.28. The molecule has 3 atom stereocenters. The largest absolute Gasteiger partial charge is 0.416 e. The molecule has 5 heteroatoms. The van der Waals surface area contributed by atoms with E-state index in [4.69, 9.17) is 5.73 Å². The molecule has 0 spiro atoms. The third kappa shape index (κ3) is 2.81. The fourth-order valence-electron chi connectivity index (χ4n) is 4.03. The standard InChI is InChI=1S/C16H21F3N2/c1-10(11-3-2-4-12(7-11)16(17,18)19)21-14-5-6-15(21)9-13(20)8-14/h2-4,7,10,13-15H,5-6,8-9,20H2,1H3. The molecule has 2 saturated heterocycles. The maximum absolute atomic E-state index is 12.9. The lowest BCUT2D eigenvalue weighted by atomic mass is 9.94. The van der Waals surface area contributed by atoms with Crippen molar-refractivity contribution in [2.75, 3.05) is 0 Å². The zero-order valence-corrected chi connectivity index (χ0v) is 12.1. The van der Waals surface area contributed by atoms with E-state index in [1.165, 1.54) is 12.1 Å². The van der Waals surface area contributed by atoms with Crippen molar-refractivity contribution in [1.82, 2.24) is 4.90 Å². The highest BCUT2D eigenvalue weighted by Gasteiger charge is 2.42. The molecule has 1 aromatic carbocycles. The molecule has 0 radical (unpaired) electrons. The van der Waals surface area contributed by atoms with Crippen molar-refractivity contribution in [2.45, 2.75) is 63.0 Å². The summed E-state index contributed by atoms with van der Waals surface area (Å²) in [7, 11) is 0. The SMILES string of the molecule is CC(c1cccc(C(F)(F)F)c1)N1C2CCC1CC(N)C2. The van der Waals surface area contributed by atoms with E-state index in [0.717, 1.165) is 37.3 Å². The number of rotatable bonds is 2. The number of hydrogen-bond acceptors (Lipinski definition) is 2. The van der Waals surface area contributed by atoms with Gasteiger partial charge in [0, 0.05) is 24.2 Å². The lowest BCUT2D eigenvalue weighted by Crippen LogP contribution is -2.48. The molecule has 2 nitrogen and oxygen atoms in total. The highest BCUT2D eigenvalue weighted by atomic mass is 19.4. The Hall–Kier alpha value is -1.07. The summed E-state index contributed by atoms with van der Waals surface area (Å²) in [6.07, 6.45) is -0.137. The molecule has 0 amide bonds. The van der Waals surface area contributed by atoms with Crippen LogP contribution in [0.25, 0.3) is 0 Å². The number of nitrogens with two attached hydrogens (primary N) is 1. The Morgan fingerprint density at radius 3 is 2.38 bits per heavy atom. The summed E-state index contributed by atoms with van der Waals surface area (Å²) in [5.41, 5.74) is 6.25. The summed E-state index contributed by atoms with van der Waals surface area (Å²) in [6, 6.07) is 6.83. The molecular formula is C16H21F3N2. The Balaban J connectivity index is 1.84. The average molecular weight is 298 g/mol.